The highest BCUT2D eigenvalue weighted by Gasteiger charge is 2.28. The first-order chi connectivity index (χ1) is 12.5. The number of hydrogen-bond acceptors (Lipinski definition) is 4. The van der Waals surface area contributed by atoms with Gasteiger partial charge in [0.15, 0.2) is 5.79 Å². The van der Waals surface area contributed by atoms with Crippen molar-refractivity contribution < 1.29 is 10.2 Å². The molecule has 1 aliphatic heterocycles. The average molecular weight is 346 g/mol. The zero-order chi connectivity index (χ0) is 18.1. The van der Waals surface area contributed by atoms with E-state index in [0.717, 1.165) is 11.1 Å². The molecule has 26 heavy (non-hydrogen) atoms. The van der Waals surface area contributed by atoms with Crippen molar-refractivity contribution >= 4 is 10.9 Å². The molecule has 1 aliphatic rings. The zero-order valence-corrected chi connectivity index (χ0v) is 14.1. The third-order valence-corrected chi connectivity index (χ3v) is 4.64. The molecular formula is C21H18N2O3. The highest BCUT2D eigenvalue weighted by molar-refractivity contribution is 5.79. The summed E-state index contributed by atoms with van der Waals surface area (Å²) in [6.45, 7) is 0.250. The van der Waals surface area contributed by atoms with Crippen LogP contribution in [0.4, 0.5) is 0 Å². The van der Waals surface area contributed by atoms with Gasteiger partial charge in [-0.05, 0) is 30.3 Å². The van der Waals surface area contributed by atoms with Crippen molar-refractivity contribution in [3.8, 4) is 11.8 Å². The molecule has 0 bridgehead atoms. The molecule has 0 radical (unpaired) electrons. The van der Waals surface area contributed by atoms with E-state index >= 15 is 0 Å². The molecule has 0 saturated carbocycles. The molecule has 0 spiro atoms. The lowest BCUT2D eigenvalue weighted by molar-refractivity contribution is -0.169. The van der Waals surface area contributed by atoms with Crippen LogP contribution in [0.15, 0.2) is 53.3 Å². The molecule has 0 saturated heterocycles. The maximum atomic E-state index is 12.8. The molecule has 0 amide bonds. The monoisotopic (exact) mass is 346 g/mol. The lowest BCUT2D eigenvalue weighted by atomic mass is 10.1. The van der Waals surface area contributed by atoms with Crippen LogP contribution < -0.4 is 5.56 Å². The van der Waals surface area contributed by atoms with E-state index in [1.807, 2.05) is 42.5 Å². The summed E-state index contributed by atoms with van der Waals surface area (Å²) in [6, 6.07) is 15.1. The lowest BCUT2D eigenvalue weighted by Crippen LogP contribution is -2.29. The molecule has 2 aromatic carbocycles. The van der Waals surface area contributed by atoms with Crippen molar-refractivity contribution in [3.63, 3.8) is 0 Å². The second kappa shape index (κ2) is 6.41. The maximum absolute atomic E-state index is 12.8. The van der Waals surface area contributed by atoms with Gasteiger partial charge >= 0.3 is 0 Å². The summed E-state index contributed by atoms with van der Waals surface area (Å²) in [4.78, 5) is 17.3. The molecule has 5 heteroatoms. The molecular weight excluding hydrogens is 328 g/mol. The number of hydrogen-bond donors (Lipinski definition) is 2. The molecule has 0 atom stereocenters. The smallest absolute Gasteiger partial charge is 0.261 e. The third-order valence-electron chi connectivity index (χ3n) is 4.64. The van der Waals surface area contributed by atoms with Crippen molar-refractivity contribution in [3.05, 3.63) is 75.8 Å². The molecule has 2 N–H and O–H groups in total. The Labute approximate surface area is 150 Å². The Morgan fingerprint density at radius 1 is 1.00 bits per heavy atom. The van der Waals surface area contributed by atoms with Gasteiger partial charge in [-0.15, -0.1) is 0 Å². The van der Waals surface area contributed by atoms with Gasteiger partial charge in [0, 0.05) is 36.9 Å². The van der Waals surface area contributed by atoms with Crippen molar-refractivity contribution in [2.75, 3.05) is 0 Å². The Morgan fingerprint density at radius 3 is 2.58 bits per heavy atom. The van der Waals surface area contributed by atoms with Crippen LogP contribution in [0, 0.1) is 11.8 Å². The Kier molecular flexibility index (Phi) is 4.08. The summed E-state index contributed by atoms with van der Waals surface area (Å²) >= 11 is 0. The van der Waals surface area contributed by atoms with E-state index in [4.69, 9.17) is 0 Å². The van der Waals surface area contributed by atoms with Crippen LogP contribution in [0.1, 0.15) is 29.8 Å². The van der Waals surface area contributed by atoms with Crippen molar-refractivity contribution in [1.82, 2.24) is 9.55 Å². The molecule has 4 rings (SSSR count). The Hall–Kier alpha value is -2.94. The van der Waals surface area contributed by atoms with Crippen LogP contribution >= 0.6 is 0 Å². The van der Waals surface area contributed by atoms with Gasteiger partial charge in [-0.25, -0.2) is 4.98 Å². The number of benzene rings is 2. The van der Waals surface area contributed by atoms with E-state index in [9.17, 15) is 15.0 Å². The van der Waals surface area contributed by atoms with Crippen molar-refractivity contribution in [1.29, 1.82) is 0 Å². The van der Waals surface area contributed by atoms with Crippen LogP contribution in [0.3, 0.4) is 0 Å². The highest BCUT2D eigenvalue weighted by Crippen LogP contribution is 2.21. The van der Waals surface area contributed by atoms with Crippen LogP contribution in [0.2, 0.25) is 0 Å². The summed E-state index contributed by atoms with van der Waals surface area (Å²) in [7, 11) is 0. The van der Waals surface area contributed by atoms with Crippen LogP contribution in [0.5, 0.6) is 0 Å². The SMILES string of the molecule is O=c1c2ccc(C#Cc3ccccc3)cc2nc2n1CCC(O)(O)CC2. The lowest BCUT2D eigenvalue weighted by Gasteiger charge is -2.17. The van der Waals surface area contributed by atoms with Crippen LogP contribution in [-0.4, -0.2) is 25.6 Å². The van der Waals surface area contributed by atoms with Gasteiger partial charge in [0.25, 0.3) is 5.56 Å². The predicted octanol–water partition coefficient (Wildman–Crippen LogP) is 1.81. The summed E-state index contributed by atoms with van der Waals surface area (Å²) in [5, 5.41) is 20.3. The topological polar surface area (TPSA) is 75.4 Å². The second-order valence-corrected chi connectivity index (χ2v) is 6.57. The molecule has 130 valence electrons. The largest absolute Gasteiger partial charge is 0.366 e. The Bertz CT molecular complexity index is 1090. The average Bonchev–Trinajstić information content (AvgIpc) is 2.79. The van der Waals surface area contributed by atoms with Gasteiger partial charge in [-0.2, -0.15) is 0 Å². The number of fused-ring (bicyclic) bond motifs is 2. The minimum absolute atomic E-state index is 0.119. The molecule has 5 nitrogen and oxygen atoms in total. The number of rotatable bonds is 0. The van der Waals surface area contributed by atoms with Gasteiger partial charge in [-0.1, -0.05) is 30.0 Å². The van der Waals surface area contributed by atoms with Gasteiger partial charge in [0.1, 0.15) is 5.82 Å². The third kappa shape index (κ3) is 3.25. The van der Waals surface area contributed by atoms with Gasteiger partial charge in [0.05, 0.1) is 10.9 Å². The van der Waals surface area contributed by atoms with Gasteiger partial charge < -0.3 is 10.2 Å². The Balaban J connectivity index is 1.76. The Morgan fingerprint density at radius 2 is 1.77 bits per heavy atom. The minimum Gasteiger partial charge on any atom is -0.366 e. The molecule has 3 aromatic rings. The second-order valence-electron chi connectivity index (χ2n) is 6.57. The zero-order valence-electron chi connectivity index (χ0n) is 14.1. The fourth-order valence-corrected chi connectivity index (χ4v) is 3.16. The van der Waals surface area contributed by atoms with E-state index in [2.05, 4.69) is 16.8 Å². The standard InChI is InChI=1S/C21H18N2O3/c24-20-17-9-8-16(7-6-15-4-2-1-3-5-15)14-18(17)22-19-10-11-21(25,26)12-13-23(19)20/h1-5,8-9,14,25-26H,10-13H2. The minimum atomic E-state index is -1.75. The van der Waals surface area contributed by atoms with E-state index < -0.39 is 5.79 Å². The molecule has 0 unspecified atom stereocenters. The van der Waals surface area contributed by atoms with E-state index in [-0.39, 0.29) is 24.9 Å². The first kappa shape index (κ1) is 16.5. The highest BCUT2D eigenvalue weighted by atomic mass is 16.5. The van der Waals surface area contributed by atoms with E-state index in [0.29, 0.717) is 23.1 Å². The molecule has 2 heterocycles. The van der Waals surface area contributed by atoms with Crippen LogP contribution in [0.25, 0.3) is 10.9 Å². The number of aryl methyl sites for hydroxylation is 1. The quantitative estimate of drug-likeness (QED) is 0.481. The fraction of sp³-hybridized carbons (Fsp3) is 0.238. The first-order valence-electron chi connectivity index (χ1n) is 8.57. The summed E-state index contributed by atoms with van der Waals surface area (Å²) in [5.41, 5.74) is 2.14. The van der Waals surface area contributed by atoms with Crippen molar-refractivity contribution in [2.45, 2.75) is 31.6 Å². The fourth-order valence-electron chi connectivity index (χ4n) is 3.16. The molecule has 1 aromatic heterocycles. The normalized spacial score (nSPS) is 15.6. The van der Waals surface area contributed by atoms with E-state index in [1.54, 1.807) is 10.6 Å². The summed E-state index contributed by atoms with van der Waals surface area (Å²) < 4.78 is 1.55. The van der Waals surface area contributed by atoms with Crippen molar-refractivity contribution in [2.24, 2.45) is 0 Å². The molecule has 0 fully saturated rings. The molecule has 0 aliphatic carbocycles. The predicted molar refractivity (Wildman–Crippen MR) is 98.5 cm³/mol. The van der Waals surface area contributed by atoms with Crippen LogP contribution in [-0.2, 0) is 13.0 Å². The van der Waals surface area contributed by atoms with E-state index in [1.165, 1.54) is 0 Å². The number of nitrogens with zero attached hydrogens (tertiary/aromatic N) is 2. The summed E-state index contributed by atoms with van der Waals surface area (Å²) in [5.74, 6) is 5.03. The van der Waals surface area contributed by atoms with Gasteiger partial charge in [-0.3, -0.25) is 9.36 Å². The number of aromatic nitrogens is 2. The summed E-state index contributed by atoms with van der Waals surface area (Å²) in [6.07, 6.45) is 0.629. The number of aliphatic hydroxyl groups is 2. The maximum Gasteiger partial charge on any atom is 0.261 e. The first-order valence-corrected chi connectivity index (χ1v) is 8.57. The van der Waals surface area contributed by atoms with Gasteiger partial charge in [0.2, 0.25) is 0 Å².